The fourth-order valence-electron chi connectivity index (χ4n) is 2.63. The summed E-state index contributed by atoms with van der Waals surface area (Å²) in [5, 5.41) is 28.3. The minimum absolute atomic E-state index is 0.147. The highest BCUT2D eigenvalue weighted by Crippen LogP contribution is 2.36. The molecule has 1 unspecified atom stereocenters. The smallest absolute Gasteiger partial charge is 0.128 e. The van der Waals surface area contributed by atoms with Crippen LogP contribution in [0.25, 0.3) is 0 Å². The zero-order valence-corrected chi connectivity index (χ0v) is 11.0. The van der Waals surface area contributed by atoms with Crippen molar-refractivity contribution >= 4 is 0 Å². The first-order valence-corrected chi connectivity index (χ1v) is 6.53. The van der Waals surface area contributed by atoms with E-state index in [0.717, 1.165) is 24.6 Å². The predicted octanol–water partition coefficient (Wildman–Crippen LogP) is 0.979. The lowest BCUT2D eigenvalue weighted by molar-refractivity contribution is -0.0155. The number of halogens is 2. The van der Waals surface area contributed by atoms with Gasteiger partial charge >= 0.3 is 0 Å². The molecule has 2 rings (SSSR count). The summed E-state index contributed by atoms with van der Waals surface area (Å²) in [5.74, 6) is -0.907. The van der Waals surface area contributed by atoms with Gasteiger partial charge in [0.05, 0.1) is 19.1 Å². The van der Waals surface area contributed by atoms with Gasteiger partial charge in [-0.3, -0.25) is 4.90 Å². The Morgan fingerprint density at radius 3 is 2.65 bits per heavy atom. The van der Waals surface area contributed by atoms with Gasteiger partial charge in [0.15, 0.2) is 0 Å². The van der Waals surface area contributed by atoms with Crippen molar-refractivity contribution in [2.45, 2.75) is 25.1 Å². The molecule has 4 nitrogen and oxygen atoms in total. The molecule has 1 aromatic carbocycles. The van der Waals surface area contributed by atoms with Crippen LogP contribution in [0.5, 0.6) is 0 Å². The van der Waals surface area contributed by atoms with E-state index in [4.69, 9.17) is 10.2 Å². The number of aliphatic hydroxyl groups excluding tert-OH is 3. The van der Waals surface area contributed by atoms with E-state index in [1.165, 1.54) is 0 Å². The quantitative estimate of drug-likeness (QED) is 0.755. The Hall–Kier alpha value is -1.08. The third-order valence-electron chi connectivity index (χ3n) is 3.70. The summed E-state index contributed by atoms with van der Waals surface area (Å²) < 4.78 is 27.1. The summed E-state index contributed by atoms with van der Waals surface area (Å²) in [5.41, 5.74) is 0.191. The van der Waals surface area contributed by atoms with E-state index in [-0.39, 0.29) is 11.5 Å². The fourth-order valence-corrected chi connectivity index (χ4v) is 2.63. The molecule has 20 heavy (non-hydrogen) atoms. The van der Waals surface area contributed by atoms with Crippen molar-refractivity contribution in [1.29, 1.82) is 0 Å². The average Bonchev–Trinajstić information content (AvgIpc) is 2.91. The number of benzene rings is 1. The van der Waals surface area contributed by atoms with Gasteiger partial charge in [-0.25, -0.2) is 8.78 Å². The second-order valence-electron chi connectivity index (χ2n) is 4.91. The second kappa shape index (κ2) is 6.58. The highest BCUT2D eigenvalue weighted by Gasteiger charge is 2.36. The highest BCUT2D eigenvalue weighted by atomic mass is 19.1. The number of nitrogens with zero attached hydrogens (tertiary/aromatic N) is 1. The van der Waals surface area contributed by atoms with Crippen LogP contribution in [0.15, 0.2) is 18.2 Å². The Morgan fingerprint density at radius 2 is 2.00 bits per heavy atom. The molecule has 3 N–H and O–H groups in total. The molecule has 0 aliphatic carbocycles. The SMILES string of the molecule is OC[C](CO)C(O)N1CCC[C@@H]1c1cc(F)ccc1F. The Balaban J connectivity index is 2.24. The minimum atomic E-state index is -1.17. The third-order valence-corrected chi connectivity index (χ3v) is 3.70. The standard InChI is InChI=1S/C14H18F2NO3/c15-10-3-4-12(16)11(6-10)13-2-1-5-17(13)14(20)9(7-18)8-19/h3-4,6,13-14,18-20H,1-2,5,7-8H2/t13-,14?/m1/s1. The summed E-state index contributed by atoms with van der Waals surface area (Å²) in [7, 11) is 0. The number of likely N-dealkylation sites (tertiary alicyclic amines) is 1. The molecular weight excluding hydrogens is 268 g/mol. The van der Waals surface area contributed by atoms with Crippen LogP contribution >= 0.6 is 0 Å². The van der Waals surface area contributed by atoms with Crippen molar-refractivity contribution < 1.29 is 24.1 Å². The maximum absolute atomic E-state index is 13.8. The molecule has 0 bridgehead atoms. The molecule has 1 fully saturated rings. The van der Waals surface area contributed by atoms with Gasteiger partial charge in [-0.05, 0) is 31.0 Å². The predicted molar refractivity (Wildman–Crippen MR) is 68.5 cm³/mol. The topological polar surface area (TPSA) is 63.9 Å². The average molecular weight is 286 g/mol. The van der Waals surface area contributed by atoms with Crippen LogP contribution in [-0.4, -0.2) is 46.2 Å². The van der Waals surface area contributed by atoms with Gasteiger partial charge < -0.3 is 15.3 Å². The van der Waals surface area contributed by atoms with Gasteiger partial charge in [0.1, 0.15) is 17.9 Å². The maximum atomic E-state index is 13.8. The van der Waals surface area contributed by atoms with Gasteiger partial charge in [0, 0.05) is 18.2 Å². The molecule has 1 aliphatic rings. The summed E-state index contributed by atoms with van der Waals surface area (Å²) in [6.45, 7) is -0.412. The molecule has 1 saturated heterocycles. The van der Waals surface area contributed by atoms with Crippen LogP contribution in [0.4, 0.5) is 8.78 Å². The first-order chi connectivity index (χ1) is 9.58. The van der Waals surface area contributed by atoms with Crippen LogP contribution in [0.1, 0.15) is 24.4 Å². The van der Waals surface area contributed by atoms with Gasteiger partial charge in [-0.1, -0.05) is 0 Å². The Labute approximate surface area is 116 Å². The zero-order chi connectivity index (χ0) is 14.7. The van der Waals surface area contributed by atoms with Crippen LogP contribution < -0.4 is 0 Å². The van der Waals surface area contributed by atoms with E-state index in [9.17, 15) is 13.9 Å². The lowest BCUT2D eigenvalue weighted by Gasteiger charge is -2.33. The largest absolute Gasteiger partial charge is 0.396 e. The summed E-state index contributed by atoms with van der Waals surface area (Å²) in [6.07, 6.45) is 0.142. The summed E-state index contributed by atoms with van der Waals surface area (Å²) in [4.78, 5) is 1.57. The second-order valence-corrected chi connectivity index (χ2v) is 4.91. The number of aliphatic hydroxyl groups is 3. The van der Waals surface area contributed by atoms with E-state index in [2.05, 4.69) is 0 Å². The molecule has 1 aromatic rings. The molecule has 0 aromatic heterocycles. The van der Waals surface area contributed by atoms with Gasteiger partial charge in [-0.15, -0.1) is 0 Å². The van der Waals surface area contributed by atoms with Gasteiger partial charge in [0.25, 0.3) is 0 Å². The number of rotatable bonds is 5. The highest BCUT2D eigenvalue weighted by molar-refractivity contribution is 5.24. The fraction of sp³-hybridized carbons (Fsp3) is 0.500. The minimum Gasteiger partial charge on any atom is -0.396 e. The number of hydrogen-bond donors (Lipinski definition) is 3. The maximum Gasteiger partial charge on any atom is 0.128 e. The Morgan fingerprint density at radius 1 is 1.30 bits per heavy atom. The molecule has 1 heterocycles. The van der Waals surface area contributed by atoms with Crippen LogP contribution in [-0.2, 0) is 0 Å². The van der Waals surface area contributed by atoms with Crippen molar-refractivity contribution in [3.8, 4) is 0 Å². The lowest BCUT2D eigenvalue weighted by Crippen LogP contribution is -2.42. The molecule has 111 valence electrons. The first kappa shape index (κ1) is 15.3. The van der Waals surface area contributed by atoms with E-state index < -0.39 is 37.1 Å². The van der Waals surface area contributed by atoms with Crippen molar-refractivity contribution in [3.63, 3.8) is 0 Å². The van der Waals surface area contributed by atoms with E-state index >= 15 is 0 Å². The summed E-state index contributed by atoms with van der Waals surface area (Å²) in [6, 6.07) is 2.78. The van der Waals surface area contributed by atoms with Crippen LogP contribution in [0, 0.1) is 17.6 Å². The molecule has 0 amide bonds. The third kappa shape index (κ3) is 2.98. The van der Waals surface area contributed by atoms with Crippen molar-refractivity contribution in [2.24, 2.45) is 0 Å². The normalized spacial score (nSPS) is 21.6. The lowest BCUT2D eigenvalue weighted by atomic mass is 10.0. The molecule has 2 atom stereocenters. The Bertz CT molecular complexity index is 454. The van der Waals surface area contributed by atoms with Crippen LogP contribution in [0.2, 0.25) is 0 Å². The molecule has 1 aliphatic heterocycles. The molecule has 0 saturated carbocycles. The molecule has 1 radical (unpaired) electrons. The number of hydrogen-bond acceptors (Lipinski definition) is 4. The molecular formula is C14H18F2NO3. The van der Waals surface area contributed by atoms with Crippen molar-refractivity contribution in [3.05, 3.63) is 41.3 Å². The molecule has 6 heteroatoms. The van der Waals surface area contributed by atoms with Gasteiger partial charge in [0.2, 0.25) is 0 Å². The van der Waals surface area contributed by atoms with E-state index in [1.807, 2.05) is 0 Å². The van der Waals surface area contributed by atoms with Crippen molar-refractivity contribution in [2.75, 3.05) is 19.8 Å². The summed E-state index contributed by atoms with van der Waals surface area (Å²) >= 11 is 0. The zero-order valence-electron chi connectivity index (χ0n) is 11.0. The van der Waals surface area contributed by atoms with E-state index in [0.29, 0.717) is 13.0 Å². The van der Waals surface area contributed by atoms with Crippen LogP contribution in [0.3, 0.4) is 0 Å². The molecule has 0 spiro atoms. The van der Waals surface area contributed by atoms with Crippen molar-refractivity contribution in [1.82, 2.24) is 4.90 Å². The Kier molecular flexibility index (Phi) is 5.04. The van der Waals surface area contributed by atoms with Gasteiger partial charge in [-0.2, -0.15) is 0 Å². The van der Waals surface area contributed by atoms with E-state index in [1.54, 1.807) is 4.90 Å². The first-order valence-electron chi connectivity index (χ1n) is 6.53. The monoisotopic (exact) mass is 286 g/mol.